The fourth-order valence-corrected chi connectivity index (χ4v) is 1.58. The van der Waals surface area contributed by atoms with Crippen LogP contribution in [0.15, 0.2) is 36.7 Å². The molecular formula is C15H18Cl2N4O2. The van der Waals surface area contributed by atoms with Gasteiger partial charge >= 0.3 is 6.09 Å². The molecule has 2 heterocycles. The molecule has 0 aliphatic rings. The number of nitrogens with one attached hydrogen (secondary N) is 1. The number of hydrogen-bond acceptors (Lipinski definition) is 5. The molecule has 0 saturated heterocycles. The zero-order chi connectivity index (χ0) is 17.5. The number of carbonyl (C=O) groups is 1. The Hall–Kier alpha value is -2.05. The van der Waals surface area contributed by atoms with Crippen LogP contribution in [0.1, 0.15) is 20.8 Å². The van der Waals surface area contributed by atoms with Crippen molar-refractivity contribution in [3.05, 3.63) is 47.0 Å². The summed E-state index contributed by atoms with van der Waals surface area (Å²) in [5.74, 6) is 0. The predicted octanol–water partition coefficient (Wildman–Crippen LogP) is 4.40. The van der Waals surface area contributed by atoms with Crippen LogP contribution in [-0.2, 0) is 4.74 Å². The molecule has 2 aromatic heterocycles. The number of amides is 1. The Labute approximate surface area is 145 Å². The van der Waals surface area contributed by atoms with E-state index in [4.69, 9.17) is 33.7 Å². The first-order valence-electron chi connectivity index (χ1n) is 6.65. The second-order valence-corrected chi connectivity index (χ2v) is 6.07. The molecule has 1 amide bonds. The number of halogens is 2. The van der Waals surface area contributed by atoms with E-state index in [1.165, 1.54) is 0 Å². The maximum Gasteiger partial charge on any atom is 0.412 e. The van der Waals surface area contributed by atoms with Gasteiger partial charge in [0, 0.05) is 12.4 Å². The molecule has 8 heteroatoms. The number of nitrogens with zero attached hydrogens (tertiary/aromatic N) is 2. The molecule has 0 spiro atoms. The van der Waals surface area contributed by atoms with Gasteiger partial charge in [0.25, 0.3) is 0 Å². The Morgan fingerprint density at radius 3 is 2.13 bits per heavy atom. The van der Waals surface area contributed by atoms with E-state index in [9.17, 15) is 4.79 Å². The van der Waals surface area contributed by atoms with Crippen molar-refractivity contribution in [2.45, 2.75) is 26.4 Å². The number of carbonyl (C=O) groups excluding carboxylic acids is 1. The molecular weight excluding hydrogens is 339 g/mol. The average Bonchev–Trinajstić information content (AvgIpc) is 2.43. The van der Waals surface area contributed by atoms with Crippen LogP contribution < -0.4 is 11.1 Å². The first-order valence-corrected chi connectivity index (χ1v) is 7.41. The quantitative estimate of drug-likeness (QED) is 0.739. The minimum Gasteiger partial charge on any atom is -0.444 e. The van der Waals surface area contributed by atoms with Crippen LogP contribution in [0, 0.1) is 0 Å². The Morgan fingerprint density at radius 1 is 1.13 bits per heavy atom. The number of nitrogens with two attached hydrogens (primary N) is 1. The summed E-state index contributed by atoms with van der Waals surface area (Å²) in [5.41, 5.74) is 5.76. The van der Waals surface area contributed by atoms with Gasteiger partial charge < -0.3 is 10.5 Å². The van der Waals surface area contributed by atoms with Gasteiger partial charge in [-0.05, 0) is 45.0 Å². The van der Waals surface area contributed by atoms with Gasteiger partial charge in [-0.25, -0.2) is 14.8 Å². The number of aromatic nitrogens is 2. The standard InChI is InChI=1S/C10H13ClN2O2.C5H5ClN2/c1-10(2,3)15-9(14)13-7-5-4-6-12-8(7)11;6-5-4(7)2-1-3-8-5/h4-6H,1-3H3,(H,13,14);1-3H,7H2. The summed E-state index contributed by atoms with van der Waals surface area (Å²) in [6, 6.07) is 6.77. The zero-order valence-corrected chi connectivity index (χ0v) is 14.5. The van der Waals surface area contributed by atoms with Crippen molar-refractivity contribution < 1.29 is 9.53 Å². The fraction of sp³-hybridized carbons (Fsp3) is 0.267. The molecule has 0 aliphatic carbocycles. The van der Waals surface area contributed by atoms with E-state index in [0.29, 0.717) is 16.5 Å². The molecule has 2 rings (SSSR count). The van der Waals surface area contributed by atoms with Crippen LogP contribution in [0.3, 0.4) is 0 Å². The van der Waals surface area contributed by atoms with E-state index in [-0.39, 0.29) is 5.15 Å². The first-order chi connectivity index (χ1) is 10.7. The molecule has 2 aromatic rings. The molecule has 0 bridgehead atoms. The van der Waals surface area contributed by atoms with Crippen LogP contribution >= 0.6 is 23.2 Å². The third-order valence-corrected chi connectivity index (χ3v) is 2.80. The van der Waals surface area contributed by atoms with E-state index in [2.05, 4.69) is 15.3 Å². The van der Waals surface area contributed by atoms with Gasteiger partial charge in [0.2, 0.25) is 0 Å². The molecule has 124 valence electrons. The Bertz CT molecular complexity index is 639. The summed E-state index contributed by atoms with van der Waals surface area (Å²) >= 11 is 11.2. The molecule has 23 heavy (non-hydrogen) atoms. The van der Waals surface area contributed by atoms with E-state index in [1.807, 2.05) is 0 Å². The lowest BCUT2D eigenvalue weighted by molar-refractivity contribution is 0.0636. The highest BCUT2D eigenvalue weighted by Crippen LogP contribution is 2.18. The van der Waals surface area contributed by atoms with Crippen LogP contribution in [-0.4, -0.2) is 21.7 Å². The Kier molecular flexibility index (Phi) is 7.06. The van der Waals surface area contributed by atoms with E-state index in [1.54, 1.807) is 57.4 Å². The second-order valence-electron chi connectivity index (χ2n) is 5.35. The van der Waals surface area contributed by atoms with Crippen LogP contribution in [0.2, 0.25) is 10.3 Å². The summed E-state index contributed by atoms with van der Waals surface area (Å²) in [6.45, 7) is 5.37. The topological polar surface area (TPSA) is 90.1 Å². The van der Waals surface area contributed by atoms with E-state index >= 15 is 0 Å². The lowest BCUT2D eigenvalue weighted by atomic mass is 10.2. The van der Waals surface area contributed by atoms with Crippen LogP contribution in [0.5, 0.6) is 0 Å². The molecule has 0 aliphatic heterocycles. The zero-order valence-electron chi connectivity index (χ0n) is 13.0. The number of pyridine rings is 2. The van der Waals surface area contributed by atoms with Gasteiger partial charge in [0.05, 0.1) is 11.4 Å². The molecule has 0 atom stereocenters. The van der Waals surface area contributed by atoms with Crippen molar-refractivity contribution in [3.63, 3.8) is 0 Å². The van der Waals surface area contributed by atoms with Crippen molar-refractivity contribution >= 4 is 40.7 Å². The highest BCUT2D eigenvalue weighted by Gasteiger charge is 2.16. The van der Waals surface area contributed by atoms with Crippen molar-refractivity contribution in [1.29, 1.82) is 0 Å². The van der Waals surface area contributed by atoms with Crippen molar-refractivity contribution in [3.8, 4) is 0 Å². The smallest absolute Gasteiger partial charge is 0.412 e. The SMILES string of the molecule is CC(C)(C)OC(=O)Nc1cccnc1Cl.Nc1cccnc1Cl. The summed E-state index contributed by atoms with van der Waals surface area (Å²) in [5, 5.41) is 3.12. The lowest BCUT2D eigenvalue weighted by Crippen LogP contribution is -2.27. The first kappa shape index (κ1) is 19.0. The maximum atomic E-state index is 11.4. The summed E-state index contributed by atoms with van der Waals surface area (Å²) in [4.78, 5) is 18.9. The van der Waals surface area contributed by atoms with Crippen molar-refractivity contribution in [2.75, 3.05) is 11.1 Å². The minimum absolute atomic E-state index is 0.239. The van der Waals surface area contributed by atoms with E-state index < -0.39 is 11.7 Å². The molecule has 0 radical (unpaired) electrons. The third kappa shape index (κ3) is 7.67. The molecule has 6 nitrogen and oxygen atoms in total. The van der Waals surface area contributed by atoms with Gasteiger partial charge in [0.15, 0.2) is 10.3 Å². The number of anilines is 2. The monoisotopic (exact) mass is 356 g/mol. The van der Waals surface area contributed by atoms with Gasteiger partial charge in [-0.1, -0.05) is 23.2 Å². The van der Waals surface area contributed by atoms with Gasteiger partial charge in [-0.2, -0.15) is 0 Å². The van der Waals surface area contributed by atoms with Crippen molar-refractivity contribution in [2.24, 2.45) is 0 Å². The van der Waals surface area contributed by atoms with Gasteiger partial charge in [0.1, 0.15) is 5.60 Å². The highest BCUT2D eigenvalue weighted by atomic mass is 35.5. The van der Waals surface area contributed by atoms with Gasteiger partial charge in [-0.3, -0.25) is 5.32 Å². The fourth-order valence-electron chi connectivity index (χ4n) is 1.29. The van der Waals surface area contributed by atoms with Gasteiger partial charge in [-0.15, -0.1) is 0 Å². The average molecular weight is 357 g/mol. The number of rotatable bonds is 1. The lowest BCUT2D eigenvalue weighted by Gasteiger charge is -2.19. The van der Waals surface area contributed by atoms with Crippen molar-refractivity contribution in [1.82, 2.24) is 9.97 Å². The number of ether oxygens (including phenoxy) is 1. The third-order valence-electron chi connectivity index (χ3n) is 2.18. The van der Waals surface area contributed by atoms with Crippen LogP contribution in [0.25, 0.3) is 0 Å². The minimum atomic E-state index is -0.544. The summed E-state index contributed by atoms with van der Waals surface area (Å²) in [7, 11) is 0. The normalized spacial score (nSPS) is 10.3. The maximum absolute atomic E-state index is 11.4. The Balaban J connectivity index is 0.000000277. The number of nitrogen functional groups attached to an aromatic ring is 1. The number of hydrogen-bond donors (Lipinski definition) is 2. The predicted molar refractivity (Wildman–Crippen MR) is 92.8 cm³/mol. The summed E-state index contributed by atoms with van der Waals surface area (Å²) in [6.07, 6.45) is 2.60. The molecule has 3 N–H and O–H groups in total. The highest BCUT2D eigenvalue weighted by molar-refractivity contribution is 6.32. The molecule has 0 saturated carbocycles. The van der Waals surface area contributed by atoms with E-state index in [0.717, 1.165) is 0 Å². The molecule has 0 aromatic carbocycles. The second kappa shape index (κ2) is 8.55. The summed E-state index contributed by atoms with van der Waals surface area (Å²) < 4.78 is 5.06. The molecule has 0 fully saturated rings. The largest absolute Gasteiger partial charge is 0.444 e. The molecule has 0 unspecified atom stereocenters. The Morgan fingerprint density at radius 2 is 1.70 bits per heavy atom. The van der Waals surface area contributed by atoms with Crippen LogP contribution in [0.4, 0.5) is 16.2 Å².